The molecule has 2 heterocycles. The molecule has 0 saturated heterocycles. The van der Waals surface area contributed by atoms with Gasteiger partial charge in [0.25, 0.3) is 10.0 Å². The van der Waals surface area contributed by atoms with Gasteiger partial charge in [0.05, 0.1) is 21.6 Å². The molecule has 8 nitrogen and oxygen atoms in total. The van der Waals surface area contributed by atoms with E-state index in [1.165, 1.54) is 17.2 Å². The zero-order valence-electron chi connectivity index (χ0n) is 24.1. The number of hydrogen-bond acceptors (Lipinski definition) is 8. The Bertz CT molecular complexity index is 1890. The van der Waals surface area contributed by atoms with E-state index in [1.807, 2.05) is 54.6 Å². The maximum Gasteiger partial charge on any atom is 0.281 e. The number of para-hydroxylation sites is 1. The number of pyridine rings is 1. The summed E-state index contributed by atoms with van der Waals surface area (Å²) in [6, 6.07) is 29.0. The number of aromatic nitrogens is 2. The number of aryl methyl sites for hydroxylation is 2. The molecule has 0 atom stereocenters. The van der Waals surface area contributed by atoms with Gasteiger partial charge in [-0.1, -0.05) is 84.5 Å². The number of carbonyl (C=O) groups is 1. The van der Waals surface area contributed by atoms with Gasteiger partial charge < -0.3 is 0 Å². The van der Waals surface area contributed by atoms with Gasteiger partial charge in [0.15, 0.2) is 5.03 Å². The van der Waals surface area contributed by atoms with Crippen LogP contribution in [-0.4, -0.2) is 24.3 Å². The zero-order chi connectivity index (χ0) is 30.4. The normalized spacial score (nSPS) is 12.8. The number of amides is 1. The Morgan fingerprint density at radius 1 is 0.841 bits per heavy atom. The number of nitrogens with zero attached hydrogens (tertiary/aromatic N) is 2. The van der Waals surface area contributed by atoms with E-state index in [1.54, 1.807) is 23.5 Å². The van der Waals surface area contributed by atoms with Crippen molar-refractivity contribution in [3.05, 3.63) is 114 Å². The molecule has 6 rings (SSSR count). The largest absolute Gasteiger partial charge is 0.299 e. The molecule has 224 valence electrons. The molecule has 44 heavy (non-hydrogen) atoms. The summed E-state index contributed by atoms with van der Waals surface area (Å²) in [4.78, 5) is 21.6. The minimum Gasteiger partial charge on any atom is -0.299 e. The van der Waals surface area contributed by atoms with Gasteiger partial charge in [0, 0.05) is 17.5 Å². The minimum absolute atomic E-state index is 0.145. The van der Waals surface area contributed by atoms with Crippen LogP contribution in [0.2, 0.25) is 0 Å². The van der Waals surface area contributed by atoms with Crippen molar-refractivity contribution in [2.24, 2.45) is 0 Å². The van der Waals surface area contributed by atoms with E-state index in [-0.39, 0.29) is 11.4 Å². The maximum absolute atomic E-state index is 13.0. The lowest BCUT2D eigenvalue weighted by Gasteiger charge is -2.20. The van der Waals surface area contributed by atoms with Crippen LogP contribution in [-0.2, 0) is 27.7 Å². The number of nitrogens with one attached hydrogen (secondary N) is 3. The molecule has 2 aromatic heterocycles. The molecule has 0 radical (unpaired) electrons. The molecule has 0 spiro atoms. The molecule has 3 aromatic carbocycles. The summed E-state index contributed by atoms with van der Waals surface area (Å²) in [7, 11) is -4.10. The fourth-order valence-corrected chi connectivity index (χ4v) is 7.07. The van der Waals surface area contributed by atoms with Crippen molar-refractivity contribution in [3.63, 3.8) is 0 Å². The molecule has 5 aromatic rings. The molecular formula is C34H33N5O3S2. The van der Waals surface area contributed by atoms with Gasteiger partial charge in [-0.2, -0.15) is 8.42 Å². The standard InChI is InChI=1S/C34H33N5O3S2/c40-32(19-6-2-5-13-24-11-3-1-4-12-24)39-44(41,42)33-20-10-16-28(35-33)26-22-21-25-14-9-17-29(27(25)23-26)37-38-34-36-30-15-7-8-18-31(30)43-34/h1,3-4,7-8,10-12,15-18,20-23,37H,2,5-6,9,13-14,19H2,(H,36,38)(H,39,40). The highest BCUT2D eigenvalue weighted by Gasteiger charge is 2.21. The molecule has 3 N–H and O–H groups in total. The average molecular weight is 624 g/mol. The van der Waals surface area contributed by atoms with Crippen molar-refractivity contribution >= 4 is 48.3 Å². The predicted octanol–water partition coefficient (Wildman–Crippen LogP) is 6.87. The number of fused-ring (bicyclic) bond motifs is 2. The first-order valence-electron chi connectivity index (χ1n) is 14.7. The third-order valence-corrected chi connectivity index (χ3v) is 9.74. The van der Waals surface area contributed by atoms with Gasteiger partial charge in [-0.25, -0.2) is 14.7 Å². The van der Waals surface area contributed by atoms with Crippen LogP contribution in [0.15, 0.2) is 102 Å². The Morgan fingerprint density at radius 3 is 2.55 bits per heavy atom. The van der Waals surface area contributed by atoms with Crippen LogP contribution in [0, 0.1) is 0 Å². The Hall–Kier alpha value is -4.54. The topological polar surface area (TPSA) is 113 Å². The SMILES string of the molecule is O=C(CCCCCc1ccccc1)NS(=O)(=O)c1cccc(-c2ccc3c(c2)C(NNc2nc4ccccc4s2)=CCC3)n1. The highest BCUT2D eigenvalue weighted by atomic mass is 32.2. The third-order valence-electron chi connectivity index (χ3n) is 7.52. The van der Waals surface area contributed by atoms with E-state index < -0.39 is 15.9 Å². The number of hydrogen-bond donors (Lipinski definition) is 3. The second-order valence-electron chi connectivity index (χ2n) is 10.7. The van der Waals surface area contributed by atoms with E-state index in [0.717, 1.165) is 64.3 Å². The molecule has 1 amide bonds. The summed E-state index contributed by atoms with van der Waals surface area (Å²) in [5.41, 5.74) is 13.2. The van der Waals surface area contributed by atoms with Gasteiger partial charge in [-0.3, -0.25) is 15.6 Å². The summed E-state index contributed by atoms with van der Waals surface area (Å²) in [6.45, 7) is 0. The second kappa shape index (κ2) is 13.4. The van der Waals surface area contributed by atoms with E-state index in [0.29, 0.717) is 12.1 Å². The number of benzene rings is 3. The van der Waals surface area contributed by atoms with E-state index in [2.05, 4.69) is 49.8 Å². The number of sulfonamides is 1. The van der Waals surface area contributed by atoms with Crippen LogP contribution in [0.1, 0.15) is 48.8 Å². The summed E-state index contributed by atoms with van der Waals surface area (Å²) in [5.74, 6) is -0.521. The number of hydrazine groups is 1. The van der Waals surface area contributed by atoms with Gasteiger partial charge in [0.1, 0.15) is 0 Å². The van der Waals surface area contributed by atoms with Crippen molar-refractivity contribution in [1.29, 1.82) is 0 Å². The summed E-state index contributed by atoms with van der Waals surface area (Å²) in [6.07, 6.45) is 7.43. The average Bonchev–Trinajstić information content (AvgIpc) is 3.47. The summed E-state index contributed by atoms with van der Waals surface area (Å²) < 4.78 is 29.4. The van der Waals surface area contributed by atoms with Gasteiger partial charge >= 0.3 is 0 Å². The lowest BCUT2D eigenvalue weighted by molar-refractivity contribution is -0.119. The molecule has 1 aliphatic rings. The summed E-state index contributed by atoms with van der Waals surface area (Å²) >= 11 is 1.57. The van der Waals surface area contributed by atoms with E-state index in [9.17, 15) is 13.2 Å². The molecule has 1 aliphatic carbocycles. The van der Waals surface area contributed by atoms with Crippen molar-refractivity contribution in [1.82, 2.24) is 20.1 Å². The molecule has 10 heteroatoms. The number of thiazole rings is 1. The van der Waals surface area contributed by atoms with Crippen molar-refractivity contribution < 1.29 is 13.2 Å². The molecule has 0 fully saturated rings. The fraction of sp³-hybridized carbons (Fsp3) is 0.206. The number of carbonyl (C=O) groups excluding carboxylic acids is 1. The van der Waals surface area contributed by atoms with Gasteiger partial charge in [-0.15, -0.1) is 0 Å². The lowest BCUT2D eigenvalue weighted by Crippen LogP contribution is -2.31. The highest BCUT2D eigenvalue weighted by molar-refractivity contribution is 7.90. The lowest BCUT2D eigenvalue weighted by atomic mass is 9.92. The molecular weight excluding hydrogens is 591 g/mol. The molecule has 0 aliphatic heterocycles. The van der Waals surface area contributed by atoms with Crippen LogP contribution < -0.4 is 15.6 Å². The first kappa shape index (κ1) is 29.5. The first-order valence-corrected chi connectivity index (χ1v) is 17.0. The third kappa shape index (κ3) is 7.15. The van der Waals surface area contributed by atoms with E-state index in [4.69, 9.17) is 0 Å². The van der Waals surface area contributed by atoms with E-state index >= 15 is 0 Å². The number of unbranched alkanes of at least 4 members (excludes halogenated alkanes) is 2. The molecule has 0 saturated carbocycles. The summed E-state index contributed by atoms with van der Waals surface area (Å²) in [5, 5.41) is 0.584. The number of allylic oxidation sites excluding steroid dienone is 1. The Kier molecular flexibility index (Phi) is 8.99. The fourth-order valence-electron chi connectivity index (χ4n) is 5.27. The van der Waals surface area contributed by atoms with Crippen LogP contribution in [0.25, 0.3) is 27.2 Å². The predicted molar refractivity (Wildman–Crippen MR) is 176 cm³/mol. The molecule has 0 bridgehead atoms. The Morgan fingerprint density at radius 2 is 1.68 bits per heavy atom. The monoisotopic (exact) mass is 623 g/mol. The van der Waals surface area contributed by atoms with Crippen molar-refractivity contribution in [3.8, 4) is 11.3 Å². The van der Waals surface area contributed by atoms with Gasteiger partial charge in [-0.05, 0) is 73.6 Å². The molecule has 0 unspecified atom stereocenters. The van der Waals surface area contributed by atoms with Crippen LogP contribution in [0.5, 0.6) is 0 Å². The van der Waals surface area contributed by atoms with Crippen LogP contribution in [0.4, 0.5) is 5.13 Å². The Balaban J connectivity index is 1.09. The minimum atomic E-state index is -4.10. The maximum atomic E-state index is 13.0. The van der Waals surface area contributed by atoms with Gasteiger partial charge in [0.2, 0.25) is 11.0 Å². The van der Waals surface area contributed by atoms with Crippen LogP contribution in [0.3, 0.4) is 0 Å². The zero-order valence-corrected chi connectivity index (χ0v) is 25.8. The van der Waals surface area contributed by atoms with Crippen molar-refractivity contribution in [2.75, 3.05) is 5.43 Å². The Labute approximate surface area is 261 Å². The highest BCUT2D eigenvalue weighted by Crippen LogP contribution is 2.31. The smallest absolute Gasteiger partial charge is 0.281 e. The van der Waals surface area contributed by atoms with Crippen LogP contribution >= 0.6 is 11.3 Å². The number of rotatable bonds is 12. The number of anilines is 1. The second-order valence-corrected chi connectivity index (χ2v) is 13.4. The first-order chi connectivity index (χ1) is 21.4. The van der Waals surface area contributed by atoms with Crippen molar-refractivity contribution in [2.45, 2.75) is 50.0 Å². The quantitative estimate of drug-likeness (QED) is 0.103.